The van der Waals surface area contributed by atoms with Crippen LogP contribution in [-0.2, 0) is 4.79 Å². The van der Waals surface area contributed by atoms with Crippen LogP contribution in [0.2, 0.25) is 0 Å². The number of carbonyl (C=O) groups is 1. The number of fused-ring (bicyclic) bond motifs is 3. The van der Waals surface area contributed by atoms with E-state index in [1.165, 1.54) is 6.92 Å². The third-order valence-electron chi connectivity index (χ3n) is 3.62. The van der Waals surface area contributed by atoms with Crippen molar-refractivity contribution in [2.45, 2.75) is 27.7 Å². The molecule has 0 atom stereocenters. The van der Waals surface area contributed by atoms with Crippen molar-refractivity contribution in [3.05, 3.63) is 39.4 Å². The van der Waals surface area contributed by atoms with Gasteiger partial charge in [0.05, 0.1) is 5.52 Å². The van der Waals surface area contributed by atoms with Crippen LogP contribution in [0, 0.1) is 20.8 Å². The second kappa shape index (κ2) is 4.87. The van der Waals surface area contributed by atoms with Gasteiger partial charge >= 0.3 is 5.56 Å². The third kappa shape index (κ3) is 2.11. The Hall–Kier alpha value is -2.83. The summed E-state index contributed by atoms with van der Waals surface area (Å²) in [6.07, 6.45) is 0. The van der Waals surface area contributed by atoms with Crippen LogP contribution in [0.5, 0.6) is 0 Å². The van der Waals surface area contributed by atoms with Gasteiger partial charge in [-0.2, -0.15) is 0 Å². The Morgan fingerprint density at radius 1 is 1.09 bits per heavy atom. The average Bonchev–Trinajstić information content (AvgIpc) is 2.44. The summed E-state index contributed by atoms with van der Waals surface area (Å²) in [5.41, 5.74) is 5.51. The van der Waals surface area contributed by atoms with Gasteiger partial charge in [0.2, 0.25) is 5.91 Å². The maximum atomic E-state index is 12.5. The highest BCUT2D eigenvalue weighted by molar-refractivity contribution is 6.01. The molecule has 0 aliphatic heterocycles. The molecule has 1 aromatic carbocycles. The highest BCUT2D eigenvalue weighted by Crippen LogP contribution is 2.22. The topological polar surface area (TPSA) is 89.8 Å². The number of rotatable bonds is 1. The average molecular weight is 297 g/mol. The monoisotopic (exact) mass is 297 g/mol. The highest BCUT2D eigenvalue weighted by Gasteiger charge is 2.14. The lowest BCUT2D eigenvalue weighted by molar-refractivity contribution is -0.115. The molecular formula is C15H15N5O2. The number of nitrogens with zero attached hydrogens (tertiary/aromatic N) is 4. The van der Waals surface area contributed by atoms with Gasteiger partial charge in [0.15, 0.2) is 5.52 Å². The van der Waals surface area contributed by atoms with Gasteiger partial charge < -0.3 is 0 Å². The summed E-state index contributed by atoms with van der Waals surface area (Å²) in [6, 6.07) is 3.88. The zero-order valence-corrected chi connectivity index (χ0v) is 12.8. The van der Waals surface area contributed by atoms with E-state index in [4.69, 9.17) is 0 Å². The molecule has 0 aliphatic rings. The van der Waals surface area contributed by atoms with Gasteiger partial charge in [-0.05, 0) is 44.0 Å². The zero-order chi connectivity index (χ0) is 16.0. The molecule has 0 saturated carbocycles. The summed E-state index contributed by atoms with van der Waals surface area (Å²) in [7, 11) is 0. The van der Waals surface area contributed by atoms with E-state index in [0.717, 1.165) is 21.2 Å². The molecule has 0 bridgehead atoms. The molecule has 0 spiro atoms. The zero-order valence-electron chi connectivity index (χ0n) is 12.8. The van der Waals surface area contributed by atoms with Crippen LogP contribution in [0.3, 0.4) is 0 Å². The molecular weight excluding hydrogens is 282 g/mol. The van der Waals surface area contributed by atoms with Crippen molar-refractivity contribution in [1.82, 2.24) is 19.9 Å². The molecule has 0 aliphatic carbocycles. The van der Waals surface area contributed by atoms with Crippen molar-refractivity contribution in [2.24, 2.45) is 0 Å². The lowest BCUT2D eigenvalue weighted by Crippen LogP contribution is -2.34. The first-order chi connectivity index (χ1) is 10.4. The van der Waals surface area contributed by atoms with E-state index in [-0.39, 0.29) is 11.4 Å². The van der Waals surface area contributed by atoms with Gasteiger partial charge in [-0.25, -0.2) is 9.66 Å². The Balaban J connectivity index is 2.43. The van der Waals surface area contributed by atoms with Crippen LogP contribution >= 0.6 is 0 Å². The van der Waals surface area contributed by atoms with Gasteiger partial charge in [-0.15, -0.1) is 10.2 Å². The summed E-state index contributed by atoms with van der Waals surface area (Å²) >= 11 is 0. The smallest absolute Gasteiger partial charge is 0.274 e. The number of hydrogen-bond donors (Lipinski definition) is 1. The standard InChI is InChI=1S/C15H15N5O2/c1-7-5-11-12(6-8(7)2)17-18-14-13(11)16-9(3)20(15(14)22)19-10(4)21/h5-6H,1-4H3,(H,19,21). The van der Waals surface area contributed by atoms with E-state index in [2.05, 4.69) is 20.6 Å². The number of hydrogen-bond acceptors (Lipinski definition) is 5. The van der Waals surface area contributed by atoms with Crippen LogP contribution in [0.1, 0.15) is 23.9 Å². The summed E-state index contributed by atoms with van der Waals surface area (Å²) in [4.78, 5) is 28.1. The fourth-order valence-electron chi connectivity index (χ4n) is 2.36. The maximum Gasteiger partial charge on any atom is 0.300 e. The fraction of sp³-hybridized carbons (Fsp3) is 0.267. The Labute approximate surface area is 126 Å². The predicted octanol–water partition coefficient (Wildman–Crippen LogP) is 1.35. The Morgan fingerprint density at radius 2 is 1.77 bits per heavy atom. The van der Waals surface area contributed by atoms with Gasteiger partial charge in [-0.1, -0.05) is 0 Å². The molecule has 0 saturated heterocycles. The normalized spacial score (nSPS) is 11.1. The van der Waals surface area contributed by atoms with Gasteiger partial charge in [0.25, 0.3) is 0 Å². The van der Waals surface area contributed by atoms with E-state index in [9.17, 15) is 9.59 Å². The molecule has 112 valence electrons. The first-order valence-electron chi connectivity index (χ1n) is 6.83. The minimum absolute atomic E-state index is 0.134. The summed E-state index contributed by atoms with van der Waals surface area (Å²) < 4.78 is 1.09. The molecule has 7 nitrogen and oxygen atoms in total. The van der Waals surface area contributed by atoms with Crippen molar-refractivity contribution in [1.29, 1.82) is 0 Å². The van der Waals surface area contributed by atoms with Gasteiger partial charge in [0.1, 0.15) is 11.3 Å². The van der Waals surface area contributed by atoms with Crippen molar-refractivity contribution < 1.29 is 4.79 Å². The van der Waals surface area contributed by atoms with E-state index in [1.807, 2.05) is 26.0 Å². The highest BCUT2D eigenvalue weighted by atomic mass is 16.2. The Bertz CT molecular complexity index is 991. The predicted molar refractivity (Wildman–Crippen MR) is 83.4 cm³/mol. The maximum absolute atomic E-state index is 12.5. The third-order valence-corrected chi connectivity index (χ3v) is 3.62. The molecule has 3 aromatic rings. The van der Waals surface area contributed by atoms with Crippen molar-refractivity contribution in [3.63, 3.8) is 0 Å². The number of carbonyl (C=O) groups excluding carboxylic acids is 1. The molecule has 2 heterocycles. The van der Waals surface area contributed by atoms with Crippen molar-refractivity contribution in [2.75, 3.05) is 5.43 Å². The number of nitrogens with one attached hydrogen (secondary N) is 1. The van der Waals surface area contributed by atoms with Gasteiger partial charge in [0, 0.05) is 12.3 Å². The molecule has 1 amide bonds. The molecule has 0 unspecified atom stereocenters. The van der Waals surface area contributed by atoms with Crippen molar-refractivity contribution >= 4 is 27.8 Å². The van der Waals surface area contributed by atoms with Crippen LogP contribution in [-0.4, -0.2) is 25.8 Å². The minimum Gasteiger partial charge on any atom is -0.274 e. The van der Waals surface area contributed by atoms with Crippen LogP contribution in [0.15, 0.2) is 16.9 Å². The molecule has 7 heteroatoms. The first kappa shape index (κ1) is 14.1. The van der Waals surface area contributed by atoms with Crippen molar-refractivity contribution in [3.8, 4) is 0 Å². The van der Waals surface area contributed by atoms with E-state index < -0.39 is 5.56 Å². The first-order valence-corrected chi connectivity index (χ1v) is 6.83. The van der Waals surface area contributed by atoms with Gasteiger partial charge in [-0.3, -0.25) is 15.0 Å². The number of aromatic nitrogens is 4. The number of aryl methyl sites for hydroxylation is 3. The Morgan fingerprint density at radius 3 is 2.45 bits per heavy atom. The van der Waals surface area contributed by atoms with Crippen LogP contribution in [0.4, 0.5) is 0 Å². The number of amides is 1. The largest absolute Gasteiger partial charge is 0.300 e. The molecule has 1 N–H and O–H groups in total. The second-order valence-corrected chi connectivity index (χ2v) is 5.32. The lowest BCUT2D eigenvalue weighted by Gasteiger charge is -2.11. The molecule has 22 heavy (non-hydrogen) atoms. The second-order valence-electron chi connectivity index (χ2n) is 5.32. The van der Waals surface area contributed by atoms with E-state index in [0.29, 0.717) is 16.9 Å². The number of benzene rings is 1. The van der Waals surface area contributed by atoms with E-state index in [1.54, 1.807) is 6.92 Å². The van der Waals surface area contributed by atoms with E-state index >= 15 is 0 Å². The van der Waals surface area contributed by atoms with Crippen LogP contribution < -0.4 is 11.0 Å². The quantitative estimate of drug-likeness (QED) is 0.685. The minimum atomic E-state index is -0.440. The lowest BCUT2D eigenvalue weighted by atomic mass is 10.1. The SMILES string of the molecule is CC(=O)Nn1c(C)nc2c(nnc3cc(C)c(C)cc32)c1=O. The van der Waals surface area contributed by atoms with Crippen LogP contribution in [0.25, 0.3) is 21.9 Å². The molecule has 3 rings (SSSR count). The summed E-state index contributed by atoms with van der Waals surface area (Å²) in [5.74, 6) is 0.0341. The summed E-state index contributed by atoms with van der Waals surface area (Å²) in [6.45, 7) is 6.97. The molecule has 0 fully saturated rings. The fourth-order valence-corrected chi connectivity index (χ4v) is 2.36. The Kier molecular flexibility index (Phi) is 3.13. The molecule has 2 aromatic heterocycles. The molecule has 0 radical (unpaired) electrons. The summed E-state index contributed by atoms with van der Waals surface area (Å²) in [5, 5.41) is 8.88.